The molecule has 5 heteroatoms. The molecule has 0 saturated heterocycles. The lowest BCUT2D eigenvalue weighted by molar-refractivity contribution is 0.0701. The molecule has 0 bridgehead atoms. The van der Waals surface area contributed by atoms with Crippen molar-refractivity contribution in [3.8, 4) is 0 Å². The van der Waals surface area contributed by atoms with E-state index in [1.165, 1.54) is 5.51 Å². The Morgan fingerprint density at radius 2 is 2.40 bits per heavy atom. The van der Waals surface area contributed by atoms with Gasteiger partial charge in [-0.2, -0.15) is 0 Å². The number of hydrogen-bond donors (Lipinski definition) is 1. The largest absolute Gasteiger partial charge is 0.477 e. The number of carboxylic acid groups (broad SMARTS) is 1. The van der Waals surface area contributed by atoms with E-state index in [0.29, 0.717) is 10.6 Å². The summed E-state index contributed by atoms with van der Waals surface area (Å²) in [5.41, 5.74) is 2.12. The van der Waals surface area contributed by atoms with E-state index >= 15 is 0 Å². The topological polar surface area (TPSA) is 50.2 Å². The first kappa shape index (κ1) is 9.58. The van der Waals surface area contributed by atoms with Crippen molar-refractivity contribution in [2.45, 2.75) is 6.92 Å². The predicted molar refractivity (Wildman–Crippen MR) is 44.1 cm³/mol. The number of thiazole rings is 1. The van der Waals surface area contributed by atoms with Gasteiger partial charge in [-0.05, 0) is 6.92 Å². The molecular formula is C5H6BrNO2S. The normalized spacial score (nSPS) is 8.50. The SMILES string of the molecule is Br.Cc1ncsc1C(=O)O. The third-order valence-electron chi connectivity index (χ3n) is 0.940. The minimum atomic E-state index is -0.894. The van der Waals surface area contributed by atoms with Gasteiger partial charge in [0.1, 0.15) is 4.88 Å². The molecule has 1 heterocycles. The number of aryl methyl sites for hydroxylation is 1. The quantitative estimate of drug-likeness (QED) is 0.790. The fourth-order valence-corrected chi connectivity index (χ4v) is 1.15. The van der Waals surface area contributed by atoms with Gasteiger partial charge in [-0.25, -0.2) is 9.78 Å². The molecule has 10 heavy (non-hydrogen) atoms. The smallest absolute Gasteiger partial charge is 0.347 e. The minimum absolute atomic E-state index is 0. The highest BCUT2D eigenvalue weighted by Crippen LogP contribution is 2.10. The molecule has 0 unspecified atom stereocenters. The van der Waals surface area contributed by atoms with Crippen LogP contribution in [-0.4, -0.2) is 16.1 Å². The van der Waals surface area contributed by atoms with Crippen LogP contribution in [0.15, 0.2) is 5.51 Å². The number of nitrogens with zero attached hydrogens (tertiary/aromatic N) is 1. The zero-order chi connectivity index (χ0) is 6.85. The van der Waals surface area contributed by atoms with Crippen LogP contribution in [0.2, 0.25) is 0 Å². The van der Waals surface area contributed by atoms with Crippen LogP contribution in [0, 0.1) is 6.92 Å². The Balaban J connectivity index is 0.000000810. The van der Waals surface area contributed by atoms with Crippen LogP contribution in [0.1, 0.15) is 15.4 Å². The number of aromatic carboxylic acids is 1. The van der Waals surface area contributed by atoms with Crippen molar-refractivity contribution in [1.82, 2.24) is 4.98 Å². The summed E-state index contributed by atoms with van der Waals surface area (Å²) in [5.74, 6) is -0.894. The van der Waals surface area contributed by atoms with Gasteiger partial charge in [-0.1, -0.05) is 0 Å². The van der Waals surface area contributed by atoms with Crippen LogP contribution in [0.3, 0.4) is 0 Å². The number of aromatic nitrogens is 1. The standard InChI is InChI=1S/C5H5NO2S.BrH/c1-3-4(5(7)8)9-2-6-3;/h2H,1H3,(H,7,8);1H. The Hall–Kier alpha value is -0.420. The molecule has 0 aliphatic heterocycles. The van der Waals surface area contributed by atoms with Gasteiger partial charge in [0, 0.05) is 0 Å². The molecule has 1 N–H and O–H groups in total. The molecule has 1 aromatic rings. The predicted octanol–water partition coefficient (Wildman–Crippen LogP) is 1.73. The summed E-state index contributed by atoms with van der Waals surface area (Å²) in [6, 6.07) is 0. The van der Waals surface area contributed by atoms with E-state index in [0.717, 1.165) is 11.3 Å². The van der Waals surface area contributed by atoms with Gasteiger partial charge in [-0.15, -0.1) is 28.3 Å². The zero-order valence-corrected chi connectivity index (χ0v) is 7.73. The lowest BCUT2D eigenvalue weighted by Gasteiger charge is -1.84. The van der Waals surface area contributed by atoms with Gasteiger partial charge in [0.2, 0.25) is 0 Å². The molecule has 0 atom stereocenters. The van der Waals surface area contributed by atoms with Gasteiger partial charge in [0.25, 0.3) is 0 Å². The molecule has 0 amide bonds. The minimum Gasteiger partial charge on any atom is -0.477 e. The Bertz CT molecular complexity index is 235. The monoisotopic (exact) mass is 223 g/mol. The summed E-state index contributed by atoms with van der Waals surface area (Å²) in [7, 11) is 0. The molecule has 0 aromatic carbocycles. The van der Waals surface area contributed by atoms with Gasteiger partial charge in [0.05, 0.1) is 11.2 Å². The molecule has 1 rings (SSSR count). The number of carboxylic acids is 1. The lowest BCUT2D eigenvalue weighted by atomic mass is 10.4. The summed E-state index contributed by atoms with van der Waals surface area (Å²) >= 11 is 1.15. The second-order valence-corrected chi connectivity index (χ2v) is 2.43. The Morgan fingerprint density at radius 3 is 2.60 bits per heavy atom. The van der Waals surface area contributed by atoms with Crippen molar-refractivity contribution >= 4 is 34.3 Å². The van der Waals surface area contributed by atoms with Crippen LogP contribution in [0.25, 0.3) is 0 Å². The van der Waals surface area contributed by atoms with Crippen LogP contribution in [0.4, 0.5) is 0 Å². The van der Waals surface area contributed by atoms with Crippen LogP contribution < -0.4 is 0 Å². The van der Waals surface area contributed by atoms with Crippen molar-refractivity contribution in [2.75, 3.05) is 0 Å². The van der Waals surface area contributed by atoms with Crippen LogP contribution in [0.5, 0.6) is 0 Å². The maximum atomic E-state index is 10.3. The first-order valence-electron chi connectivity index (χ1n) is 2.35. The number of hydrogen-bond acceptors (Lipinski definition) is 3. The number of halogens is 1. The summed E-state index contributed by atoms with van der Waals surface area (Å²) in [6.45, 7) is 1.68. The lowest BCUT2D eigenvalue weighted by Crippen LogP contribution is -1.94. The summed E-state index contributed by atoms with van der Waals surface area (Å²) in [4.78, 5) is 14.4. The maximum absolute atomic E-state index is 10.3. The molecule has 0 spiro atoms. The Morgan fingerprint density at radius 1 is 1.80 bits per heavy atom. The molecule has 3 nitrogen and oxygen atoms in total. The molecular weight excluding hydrogens is 218 g/mol. The van der Waals surface area contributed by atoms with Gasteiger partial charge >= 0.3 is 5.97 Å². The van der Waals surface area contributed by atoms with Gasteiger partial charge in [-0.3, -0.25) is 0 Å². The Labute approximate surface area is 72.5 Å². The molecule has 1 aromatic heterocycles. The summed E-state index contributed by atoms with van der Waals surface area (Å²) in [6.07, 6.45) is 0. The van der Waals surface area contributed by atoms with Crippen molar-refractivity contribution in [1.29, 1.82) is 0 Å². The summed E-state index contributed by atoms with van der Waals surface area (Å²) in [5, 5.41) is 8.42. The van der Waals surface area contributed by atoms with E-state index in [9.17, 15) is 4.79 Å². The van der Waals surface area contributed by atoms with Crippen LogP contribution in [-0.2, 0) is 0 Å². The van der Waals surface area contributed by atoms with E-state index in [2.05, 4.69) is 4.98 Å². The fourth-order valence-electron chi connectivity index (χ4n) is 0.507. The van der Waals surface area contributed by atoms with Crippen molar-refractivity contribution < 1.29 is 9.90 Å². The highest BCUT2D eigenvalue weighted by molar-refractivity contribution is 8.93. The summed E-state index contributed by atoms with van der Waals surface area (Å²) < 4.78 is 0. The highest BCUT2D eigenvalue weighted by atomic mass is 79.9. The van der Waals surface area contributed by atoms with Crippen molar-refractivity contribution in [2.24, 2.45) is 0 Å². The van der Waals surface area contributed by atoms with Crippen molar-refractivity contribution in [3.63, 3.8) is 0 Å². The fraction of sp³-hybridized carbons (Fsp3) is 0.200. The first-order chi connectivity index (χ1) is 4.22. The second-order valence-electron chi connectivity index (χ2n) is 1.57. The molecule has 0 fully saturated rings. The number of carbonyl (C=O) groups is 1. The molecule has 0 saturated carbocycles. The maximum Gasteiger partial charge on any atom is 0.347 e. The van der Waals surface area contributed by atoms with Gasteiger partial charge in [0.15, 0.2) is 0 Å². The first-order valence-corrected chi connectivity index (χ1v) is 3.23. The van der Waals surface area contributed by atoms with E-state index in [1.54, 1.807) is 6.92 Å². The molecule has 56 valence electrons. The third-order valence-corrected chi connectivity index (χ3v) is 1.86. The molecule has 0 aliphatic rings. The Kier molecular flexibility index (Phi) is 3.52. The molecule has 0 radical (unpaired) electrons. The van der Waals surface area contributed by atoms with E-state index < -0.39 is 5.97 Å². The average molecular weight is 224 g/mol. The van der Waals surface area contributed by atoms with Crippen molar-refractivity contribution in [3.05, 3.63) is 16.1 Å². The van der Waals surface area contributed by atoms with E-state index in [-0.39, 0.29) is 17.0 Å². The number of rotatable bonds is 1. The third kappa shape index (κ3) is 1.78. The molecule has 0 aliphatic carbocycles. The van der Waals surface area contributed by atoms with E-state index in [4.69, 9.17) is 5.11 Å². The van der Waals surface area contributed by atoms with Gasteiger partial charge < -0.3 is 5.11 Å². The second kappa shape index (κ2) is 3.68. The van der Waals surface area contributed by atoms with E-state index in [1.807, 2.05) is 0 Å². The highest BCUT2D eigenvalue weighted by Gasteiger charge is 2.07. The zero-order valence-electron chi connectivity index (χ0n) is 5.20. The van der Waals surface area contributed by atoms with Crippen LogP contribution >= 0.6 is 28.3 Å². The average Bonchev–Trinajstić information content (AvgIpc) is 2.13.